The molecule has 94 valence electrons. The molecule has 1 aliphatic carbocycles. The van der Waals surface area contributed by atoms with E-state index in [0.717, 1.165) is 25.7 Å². The average Bonchev–Trinajstić information content (AvgIpc) is 2.64. The first-order chi connectivity index (χ1) is 7.49. The lowest BCUT2D eigenvalue weighted by Crippen LogP contribution is -2.30. The van der Waals surface area contributed by atoms with Crippen molar-refractivity contribution in [2.24, 2.45) is 5.92 Å². The maximum Gasteiger partial charge on any atom is 0.303 e. The number of hydrogen-bond donors (Lipinski definition) is 2. The highest BCUT2D eigenvalue weighted by Gasteiger charge is 2.21. The van der Waals surface area contributed by atoms with Crippen LogP contribution in [-0.2, 0) is 14.8 Å². The van der Waals surface area contributed by atoms with Gasteiger partial charge in [-0.3, -0.25) is 4.79 Å². The van der Waals surface area contributed by atoms with Gasteiger partial charge in [0.05, 0.1) is 5.75 Å². The predicted octanol–water partition coefficient (Wildman–Crippen LogP) is 0.961. The molecule has 5 nitrogen and oxygen atoms in total. The monoisotopic (exact) mass is 249 g/mol. The van der Waals surface area contributed by atoms with Crippen molar-refractivity contribution >= 4 is 16.0 Å². The molecule has 16 heavy (non-hydrogen) atoms. The van der Waals surface area contributed by atoms with E-state index < -0.39 is 16.0 Å². The van der Waals surface area contributed by atoms with Gasteiger partial charge in [-0.15, -0.1) is 0 Å². The van der Waals surface area contributed by atoms with Gasteiger partial charge >= 0.3 is 5.97 Å². The molecule has 0 aromatic carbocycles. The molecule has 2 N–H and O–H groups in total. The molecule has 6 heteroatoms. The molecular weight excluding hydrogens is 230 g/mol. The molecule has 0 atom stereocenters. The highest BCUT2D eigenvalue weighted by atomic mass is 32.2. The van der Waals surface area contributed by atoms with Crippen LogP contribution in [0.4, 0.5) is 0 Å². The zero-order chi connectivity index (χ0) is 12.0. The van der Waals surface area contributed by atoms with Gasteiger partial charge in [0.25, 0.3) is 0 Å². The van der Waals surface area contributed by atoms with E-state index in [1.54, 1.807) is 0 Å². The Bertz CT molecular complexity index is 320. The molecule has 0 aromatic heterocycles. The molecule has 0 amide bonds. The largest absolute Gasteiger partial charge is 0.481 e. The van der Waals surface area contributed by atoms with E-state index in [1.165, 1.54) is 0 Å². The smallest absolute Gasteiger partial charge is 0.303 e. The van der Waals surface area contributed by atoms with Crippen molar-refractivity contribution in [1.82, 2.24) is 4.72 Å². The fraction of sp³-hybridized carbons (Fsp3) is 0.900. The van der Waals surface area contributed by atoms with Crippen molar-refractivity contribution in [3.63, 3.8) is 0 Å². The van der Waals surface area contributed by atoms with Crippen molar-refractivity contribution in [3.8, 4) is 0 Å². The molecule has 1 aliphatic rings. The lowest BCUT2D eigenvalue weighted by Gasteiger charge is -2.10. The minimum absolute atomic E-state index is 0.00590. The molecule has 0 aromatic rings. The standard InChI is InChI=1S/C10H19NO4S/c12-10(13)6-3-7-11-16(14,15)8-9-4-1-2-5-9/h9,11H,1-8H2,(H,12,13). The molecule has 1 saturated carbocycles. The number of carboxylic acids is 1. The summed E-state index contributed by atoms with van der Waals surface area (Å²) in [6.07, 6.45) is 4.59. The normalized spacial score (nSPS) is 17.8. The Morgan fingerprint density at radius 3 is 2.50 bits per heavy atom. The van der Waals surface area contributed by atoms with Crippen LogP contribution in [0.1, 0.15) is 38.5 Å². The molecular formula is C10H19NO4S. The first-order valence-corrected chi connectivity index (χ1v) is 7.34. The summed E-state index contributed by atoms with van der Waals surface area (Å²) in [5.74, 6) is -0.410. The molecule has 1 fully saturated rings. The van der Waals surface area contributed by atoms with Crippen LogP contribution in [-0.4, -0.2) is 31.8 Å². The van der Waals surface area contributed by atoms with Gasteiger partial charge < -0.3 is 5.11 Å². The van der Waals surface area contributed by atoms with E-state index in [0.29, 0.717) is 6.42 Å². The number of rotatable bonds is 7. The first kappa shape index (κ1) is 13.4. The van der Waals surface area contributed by atoms with Crippen LogP contribution < -0.4 is 4.72 Å². The minimum atomic E-state index is -3.21. The fourth-order valence-electron chi connectivity index (χ4n) is 2.01. The molecule has 0 unspecified atom stereocenters. The Kier molecular flexibility index (Phi) is 5.21. The summed E-state index contributed by atoms with van der Waals surface area (Å²) in [5.41, 5.74) is 0. The third-order valence-electron chi connectivity index (χ3n) is 2.82. The molecule has 0 spiro atoms. The summed E-state index contributed by atoms with van der Waals surface area (Å²) in [6, 6.07) is 0. The van der Waals surface area contributed by atoms with Crippen LogP contribution in [0.5, 0.6) is 0 Å². The summed E-state index contributed by atoms with van der Waals surface area (Å²) < 4.78 is 25.6. The Labute approximate surface area is 96.3 Å². The van der Waals surface area contributed by atoms with Gasteiger partial charge in [0.2, 0.25) is 10.0 Å². The number of hydrogen-bond acceptors (Lipinski definition) is 3. The minimum Gasteiger partial charge on any atom is -0.481 e. The highest BCUT2D eigenvalue weighted by Crippen LogP contribution is 2.25. The number of carbonyl (C=O) groups is 1. The molecule has 0 saturated heterocycles. The summed E-state index contributed by atoms with van der Waals surface area (Å²) in [4.78, 5) is 10.2. The van der Waals surface area contributed by atoms with E-state index >= 15 is 0 Å². The lowest BCUT2D eigenvalue weighted by molar-refractivity contribution is -0.137. The van der Waals surface area contributed by atoms with E-state index in [2.05, 4.69) is 4.72 Å². The summed E-state index contributed by atoms with van der Waals surface area (Å²) >= 11 is 0. The molecule has 1 rings (SSSR count). The van der Waals surface area contributed by atoms with Crippen molar-refractivity contribution in [2.75, 3.05) is 12.3 Å². The Balaban J connectivity index is 2.20. The maximum atomic E-state index is 11.6. The van der Waals surface area contributed by atoms with Crippen molar-refractivity contribution in [3.05, 3.63) is 0 Å². The Morgan fingerprint density at radius 1 is 1.31 bits per heavy atom. The van der Waals surface area contributed by atoms with Crippen molar-refractivity contribution in [1.29, 1.82) is 0 Å². The Hall–Kier alpha value is -0.620. The lowest BCUT2D eigenvalue weighted by atomic mass is 10.1. The topological polar surface area (TPSA) is 83.5 Å². The van der Waals surface area contributed by atoms with Crippen LogP contribution in [0.3, 0.4) is 0 Å². The number of sulfonamides is 1. The van der Waals surface area contributed by atoms with Crippen LogP contribution in [0.15, 0.2) is 0 Å². The van der Waals surface area contributed by atoms with Crippen LogP contribution >= 0.6 is 0 Å². The van der Waals surface area contributed by atoms with Gasteiger partial charge in [0.1, 0.15) is 0 Å². The van der Waals surface area contributed by atoms with Gasteiger partial charge in [0.15, 0.2) is 0 Å². The van der Waals surface area contributed by atoms with Gasteiger partial charge in [-0.25, -0.2) is 13.1 Å². The average molecular weight is 249 g/mol. The molecule has 0 aliphatic heterocycles. The van der Waals surface area contributed by atoms with Crippen LogP contribution in [0.25, 0.3) is 0 Å². The third-order valence-corrected chi connectivity index (χ3v) is 4.37. The van der Waals surface area contributed by atoms with E-state index in [4.69, 9.17) is 5.11 Å². The number of carboxylic acid groups (broad SMARTS) is 1. The first-order valence-electron chi connectivity index (χ1n) is 5.69. The maximum absolute atomic E-state index is 11.6. The molecule has 0 heterocycles. The third kappa shape index (κ3) is 5.46. The Morgan fingerprint density at radius 2 is 1.94 bits per heavy atom. The molecule has 0 radical (unpaired) electrons. The zero-order valence-corrected chi connectivity index (χ0v) is 10.1. The molecule has 0 bridgehead atoms. The van der Waals surface area contributed by atoms with Crippen LogP contribution in [0, 0.1) is 5.92 Å². The van der Waals surface area contributed by atoms with Gasteiger partial charge in [-0.05, 0) is 25.2 Å². The van der Waals surface area contributed by atoms with Gasteiger partial charge in [0, 0.05) is 13.0 Å². The summed E-state index contributed by atoms with van der Waals surface area (Å²) in [7, 11) is -3.21. The van der Waals surface area contributed by atoms with Crippen molar-refractivity contribution < 1.29 is 18.3 Å². The van der Waals surface area contributed by atoms with Gasteiger partial charge in [-0.2, -0.15) is 0 Å². The zero-order valence-electron chi connectivity index (χ0n) is 9.31. The van der Waals surface area contributed by atoms with Crippen molar-refractivity contribution in [2.45, 2.75) is 38.5 Å². The number of aliphatic carboxylic acids is 1. The van der Waals surface area contributed by atoms with E-state index in [1.807, 2.05) is 0 Å². The van der Waals surface area contributed by atoms with E-state index in [9.17, 15) is 13.2 Å². The second-order valence-electron chi connectivity index (χ2n) is 4.32. The van der Waals surface area contributed by atoms with Crippen LogP contribution in [0.2, 0.25) is 0 Å². The SMILES string of the molecule is O=C(O)CCCNS(=O)(=O)CC1CCCC1. The predicted molar refractivity (Wildman–Crippen MR) is 60.6 cm³/mol. The summed E-state index contributed by atoms with van der Waals surface area (Å²) in [6.45, 7) is 0.224. The van der Waals surface area contributed by atoms with Gasteiger partial charge in [-0.1, -0.05) is 12.8 Å². The highest BCUT2D eigenvalue weighted by molar-refractivity contribution is 7.89. The quantitative estimate of drug-likeness (QED) is 0.658. The second kappa shape index (κ2) is 6.20. The second-order valence-corrected chi connectivity index (χ2v) is 6.18. The van der Waals surface area contributed by atoms with E-state index in [-0.39, 0.29) is 24.6 Å². The fourth-order valence-corrected chi connectivity index (χ4v) is 3.54. The number of nitrogens with one attached hydrogen (secondary N) is 1. The summed E-state index contributed by atoms with van der Waals surface area (Å²) in [5, 5.41) is 8.40.